The summed E-state index contributed by atoms with van der Waals surface area (Å²) < 4.78 is 59.8. The highest BCUT2D eigenvalue weighted by atomic mass is 19.4. The van der Waals surface area contributed by atoms with Crippen molar-refractivity contribution in [3.05, 3.63) is 89.9 Å². The zero-order chi connectivity index (χ0) is 25.9. The van der Waals surface area contributed by atoms with Crippen LogP contribution in [0, 0.1) is 5.82 Å². The van der Waals surface area contributed by atoms with Gasteiger partial charge in [0.25, 0.3) is 0 Å². The number of benzene rings is 3. The van der Waals surface area contributed by atoms with Gasteiger partial charge in [0.15, 0.2) is 0 Å². The smallest absolute Gasteiger partial charge is 0.471 e. The van der Waals surface area contributed by atoms with E-state index in [1.54, 1.807) is 53.3 Å². The zero-order valence-electron chi connectivity index (χ0n) is 19.7. The van der Waals surface area contributed by atoms with Crippen molar-refractivity contribution in [3.63, 3.8) is 0 Å². The average molecular weight is 516 g/mol. The number of alkyl halides is 3. The Morgan fingerprint density at radius 3 is 2.35 bits per heavy atom. The zero-order valence-corrected chi connectivity index (χ0v) is 19.7. The first-order chi connectivity index (χ1) is 17.2. The summed E-state index contributed by atoms with van der Waals surface area (Å²) in [5.41, 5.74) is 3.15. The Bertz CT molecular complexity index is 1330. The molecule has 4 aromatic rings. The summed E-state index contributed by atoms with van der Waals surface area (Å²) in [6.07, 6.45) is -2.42. The van der Waals surface area contributed by atoms with E-state index >= 15 is 0 Å². The topological polar surface area (TPSA) is 56.1 Å². The second kappa shape index (κ2) is 11.5. The van der Waals surface area contributed by atoms with Crippen LogP contribution < -0.4 is 10.1 Å². The van der Waals surface area contributed by atoms with Crippen LogP contribution in [-0.2, 0) is 11.2 Å². The number of carbonyl (C=O) groups is 1. The number of carbonyl (C=O) groups excluding carboxylic acids is 1. The largest absolute Gasteiger partial charge is 0.484 e. The lowest BCUT2D eigenvalue weighted by Gasteiger charge is -2.27. The van der Waals surface area contributed by atoms with Crippen LogP contribution in [0.15, 0.2) is 72.9 Å². The van der Waals surface area contributed by atoms with E-state index in [1.807, 2.05) is 17.4 Å². The molecule has 0 saturated heterocycles. The Kier molecular flexibility index (Phi) is 8.57. The first kappa shape index (κ1) is 27.7. The number of fused-ring (bicyclic) bond motifs is 1. The summed E-state index contributed by atoms with van der Waals surface area (Å²) >= 11 is 0. The molecule has 0 aliphatic heterocycles. The predicted molar refractivity (Wildman–Crippen MR) is 135 cm³/mol. The fourth-order valence-electron chi connectivity index (χ4n) is 4.00. The van der Waals surface area contributed by atoms with Crippen LogP contribution >= 0.6 is 0 Å². The SMILES string of the molecule is C.CCCc1ccc([C@@H](Oc2ccc3c(cnn3-c3ccc(F)cc3)c2)[C@H](C)NC(=O)C(F)(F)F)cc1. The summed E-state index contributed by atoms with van der Waals surface area (Å²) in [6, 6.07) is 17.5. The lowest BCUT2D eigenvalue weighted by molar-refractivity contribution is -0.174. The molecule has 196 valence electrons. The van der Waals surface area contributed by atoms with Crippen molar-refractivity contribution in [2.24, 2.45) is 0 Å². The highest BCUT2D eigenvalue weighted by Gasteiger charge is 2.40. The molecule has 2 atom stereocenters. The Hall–Kier alpha value is -3.88. The molecule has 0 radical (unpaired) electrons. The number of ether oxygens (including phenoxy) is 1. The molecule has 0 aliphatic rings. The van der Waals surface area contributed by atoms with Gasteiger partial charge in [-0.1, -0.05) is 45.0 Å². The van der Waals surface area contributed by atoms with Crippen molar-refractivity contribution < 1.29 is 27.1 Å². The number of hydrogen-bond donors (Lipinski definition) is 1. The molecule has 0 bridgehead atoms. The van der Waals surface area contributed by atoms with Crippen molar-refractivity contribution in [1.82, 2.24) is 15.1 Å². The fraction of sp³-hybridized carbons (Fsp3) is 0.286. The predicted octanol–water partition coefficient (Wildman–Crippen LogP) is 6.94. The van der Waals surface area contributed by atoms with E-state index in [1.165, 1.54) is 19.1 Å². The van der Waals surface area contributed by atoms with Crippen LogP contribution in [0.1, 0.15) is 44.9 Å². The van der Waals surface area contributed by atoms with E-state index in [0.29, 0.717) is 17.0 Å². The van der Waals surface area contributed by atoms with E-state index in [9.17, 15) is 22.4 Å². The van der Waals surface area contributed by atoms with Crippen LogP contribution in [0.3, 0.4) is 0 Å². The maximum Gasteiger partial charge on any atom is 0.471 e. The van der Waals surface area contributed by atoms with E-state index in [0.717, 1.165) is 29.3 Å². The van der Waals surface area contributed by atoms with E-state index in [4.69, 9.17) is 4.74 Å². The van der Waals surface area contributed by atoms with Gasteiger partial charge in [-0.2, -0.15) is 18.3 Å². The number of halogens is 4. The van der Waals surface area contributed by atoms with Gasteiger partial charge in [0.05, 0.1) is 23.4 Å². The van der Waals surface area contributed by atoms with Crippen LogP contribution in [0.2, 0.25) is 0 Å². The maximum atomic E-state index is 13.3. The molecule has 37 heavy (non-hydrogen) atoms. The summed E-state index contributed by atoms with van der Waals surface area (Å²) in [7, 11) is 0. The molecule has 9 heteroatoms. The van der Waals surface area contributed by atoms with Crippen molar-refractivity contribution in [3.8, 4) is 11.4 Å². The molecule has 5 nitrogen and oxygen atoms in total. The van der Waals surface area contributed by atoms with Crippen molar-refractivity contribution in [2.75, 3.05) is 0 Å². The minimum absolute atomic E-state index is 0. The van der Waals surface area contributed by atoms with Crippen molar-refractivity contribution in [1.29, 1.82) is 0 Å². The molecule has 3 aromatic carbocycles. The molecule has 1 amide bonds. The molecular formula is C28H29F4N3O2. The lowest BCUT2D eigenvalue weighted by Crippen LogP contribution is -2.45. The van der Waals surface area contributed by atoms with Crippen LogP contribution in [0.4, 0.5) is 17.6 Å². The number of rotatable bonds is 8. The van der Waals surface area contributed by atoms with Gasteiger partial charge in [0.1, 0.15) is 17.7 Å². The number of hydrogen-bond acceptors (Lipinski definition) is 3. The average Bonchev–Trinajstić information content (AvgIpc) is 3.26. The van der Waals surface area contributed by atoms with Crippen molar-refractivity contribution >= 4 is 16.8 Å². The third kappa shape index (κ3) is 6.47. The quantitative estimate of drug-likeness (QED) is 0.259. The van der Waals surface area contributed by atoms with Crippen LogP contribution in [0.5, 0.6) is 5.75 Å². The van der Waals surface area contributed by atoms with Gasteiger partial charge < -0.3 is 10.1 Å². The molecule has 1 N–H and O–H groups in total. The monoisotopic (exact) mass is 515 g/mol. The molecule has 1 aromatic heterocycles. The molecule has 0 spiro atoms. The summed E-state index contributed by atoms with van der Waals surface area (Å²) in [4.78, 5) is 11.6. The van der Waals surface area contributed by atoms with Gasteiger partial charge in [-0.05, 0) is 66.9 Å². The lowest BCUT2D eigenvalue weighted by atomic mass is 10.00. The van der Waals surface area contributed by atoms with Gasteiger partial charge in [0.2, 0.25) is 0 Å². The summed E-state index contributed by atoms with van der Waals surface area (Å²) in [6.45, 7) is 3.53. The Morgan fingerprint density at radius 2 is 1.73 bits per heavy atom. The molecule has 0 fully saturated rings. The highest BCUT2D eigenvalue weighted by Crippen LogP contribution is 2.30. The molecule has 0 saturated carbocycles. The third-order valence-electron chi connectivity index (χ3n) is 5.79. The Labute approximate surface area is 213 Å². The third-order valence-corrected chi connectivity index (χ3v) is 5.79. The van der Waals surface area contributed by atoms with E-state index in [2.05, 4.69) is 12.0 Å². The number of aryl methyl sites for hydroxylation is 1. The minimum atomic E-state index is -5.00. The molecule has 0 unspecified atom stereocenters. The molecule has 1 heterocycles. The van der Waals surface area contributed by atoms with E-state index < -0.39 is 24.2 Å². The number of nitrogens with zero attached hydrogens (tertiary/aromatic N) is 2. The minimum Gasteiger partial charge on any atom is -0.484 e. The fourth-order valence-corrected chi connectivity index (χ4v) is 4.00. The summed E-state index contributed by atoms with van der Waals surface area (Å²) in [5.74, 6) is -1.98. The first-order valence-electron chi connectivity index (χ1n) is 11.5. The van der Waals surface area contributed by atoms with Crippen molar-refractivity contribution in [2.45, 2.75) is 52.4 Å². The number of aromatic nitrogens is 2. The molecule has 0 aliphatic carbocycles. The first-order valence-corrected chi connectivity index (χ1v) is 11.5. The Balaban J connectivity index is 0.00000380. The number of nitrogens with one attached hydrogen (secondary N) is 1. The van der Waals surface area contributed by atoms with Crippen LogP contribution in [-0.4, -0.2) is 27.9 Å². The van der Waals surface area contributed by atoms with Gasteiger partial charge in [-0.3, -0.25) is 4.79 Å². The second-order valence-corrected chi connectivity index (χ2v) is 8.54. The summed E-state index contributed by atoms with van der Waals surface area (Å²) in [5, 5.41) is 7.09. The number of amides is 1. The normalized spacial score (nSPS) is 13.0. The van der Waals surface area contributed by atoms with Gasteiger partial charge in [-0.25, -0.2) is 9.07 Å². The Morgan fingerprint density at radius 1 is 1.05 bits per heavy atom. The van der Waals surface area contributed by atoms with Gasteiger partial charge in [0, 0.05) is 5.39 Å². The molecular weight excluding hydrogens is 486 g/mol. The van der Waals surface area contributed by atoms with Crippen LogP contribution in [0.25, 0.3) is 16.6 Å². The van der Waals surface area contributed by atoms with Gasteiger partial charge in [-0.15, -0.1) is 0 Å². The van der Waals surface area contributed by atoms with Gasteiger partial charge >= 0.3 is 12.1 Å². The maximum absolute atomic E-state index is 13.3. The van der Waals surface area contributed by atoms with E-state index in [-0.39, 0.29) is 13.2 Å². The highest BCUT2D eigenvalue weighted by molar-refractivity contribution is 5.82. The second-order valence-electron chi connectivity index (χ2n) is 8.54. The standard InChI is InChI=1S/C27H25F4N3O2.CH4/c1-3-4-18-5-7-19(8-6-18)25(17(2)33-26(35)27(29,30)31)36-23-13-14-24-20(15-23)16-32-34(24)22-11-9-21(28)10-12-22;/h5-17,25H,3-4H2,1-2H3,(H,33,35);1H4/t17-,25-;/m0./s1. The molecule has 4 rings (SSSR count).